The van der Waals surface area contributed by atoms with Gasteiger partial charge in [-0.3, -0.25) is 4.90 Å². The standard InChI is InChI=1S/C16H26N2O2/c1-6-15(2,3)18(4)12-16(17,14(19)20-5)13-10-8-7-9-11-13/h7-11H,6,12,17H2,1-5H3. The number of hydrogen-bond acceptors (Lipinski definition) is 4. The van der Waals surface area contributed by atoms with Crippen molar-refractivity contribution in [2.24, 2.45) is 5.73 Å². The third-order valence-corrected chi connectivity index (χ3v) is 4.22. The fraction of sp³-hybridized carbons (Fsp3) is 0.562. The monoisotopic (exact) mass is 278 g/mol. The van der Waals surface area contributed by atoms with Crippen LogP contribution in [0.5, 0.6) is 0 Å². The summed E-state index contributed by atoms with van der Waals surface area (Å²) in [4.78, 5) is 14.3. The van der Waals surface area contributed by atoms with Gasteiger partial charge in [0.05, 0.1) is 7.11 Å². The summed E-state index contributed by atoms with van der Waals surface area (Å²) < 4.78 is 4.93. The van der Waals surface area contributed by atoms with E-state index >= 15 is 0 Å². The van der Waals surface area contributed by atoms with E-state index in [1.807, 2.05) is 37.4 Å². The molecule has 1 atom stereocenters. The summed E-state index contributed by atoms with van der Waals surface area (Å²) in [6.45, 7) is 6.80. The van der Waals surface area contributed by atoms with Crippen LogP contribution in [0.4, 0.5) is 0 Å². The molecule has 1 rings (SSSR count). The van der Waals surface area contributed by atoms with Crippen LogP contribution in [-0.2, 0) is 15.1 Å². The highest BCUT2D eigenvalue weighted by Gasteiger charge is 2.40. The first-order valence-electron chi connectivity index (χ1n) is 6.92. The minimum atomic E-state index is -1.16. The molecule has 0 saturated carbocycles. The van der Waals surface area contributed by atoms with Crippen LogP contribution in [0.3, 0.4) is 0 Å². The van der Waals surface area contributed by atoms with Gasteiger partial charge in [-0.25, -0.2) is 4.79 Å². The Kier molecular flexibility index (Phi) is 5.31. The molecule has 0 bridgehead atoms. The van der Waals surface area contributed by atoms with Gasteiger partial charge >= 0.3 is 5.97 Å². The molecule has 112 valence electrons. The predicted octanol–water partition coefficient (Wildman–Crippen LogP) is 2.13. The molecule has 0 amide bonds. The smallest absolute Gasteiger partial charge is 0.331 e. The number of benzene rings is 1. The lowest BCUT2D eigenvalue weighted by atomic mass is 9.88. The molecule has 0 aliphatic carbocycles. The first kappa shape index (κ1) is 16.7. The Morgan fingerprint density at radius 3 is 2.30 bits per heavy atom. The first-order valence-corrected chi connectivity index (χ1v) is 6.92. The molecular weight excluding hydrogens is 252 g/mol. The quantitative estimate of drug-likeness (QED) is 0.810. The highest BCUT2D eigenvalue weighted by Crippen LogP contribution is 2.25. The Morgan fingerprint density at radius 1 is 1.30 bits per heavy atom. The molecule has 4 nitrogen and oxygen atoms in total. The van der Waals surface area contributed by atoms with Crippen molar-refractivity contribution >= 4 is 5.97 Å². The van der Waals surface area contributed by atoms with Crippen LogP contribution in [-0.4, -0.2) is 37.1 Å². The van der Waals surface area contributed by atoms with Gasteiger partial charge in [0, 0.05) is 12.1 Å². The van der Waals surface area contributed by atoms with Crippen molar-refractivity contribution < 1.29 is 9.53 Å². The van der Waals surface area contributed by atoms with E-state index in [-0.39, 0.29) is 5.54 Å². The van der Waals surface area contributed by atoms with Crippen molar-refractivity contribution in [3.05, 3.63) is 35.9 Å². The lowest BCUT2D eigenvalue weighted by molar-refractivity contribution is -0.148. The molecule has 0 aromatic heterocycles. The zero-order valence-electron chi connectivity index (χ0n) is 13.1. The molecule has 0 saturated heterocycles. The number of esters is 1. The third kappa shape index (κ3) is 3.38. The molecular formula is C16H26N2O2. The Morgan fingerprint density at radius 2 is 1.85 bits per heavy atom. The number of likely N-dealkylation sites (N-methyl/N-ethyl adjacent to an activating group) is 1. The second kappa shape index (κ2) is 6.37. The summed E-state index contributed by atoms with van der Waals surface area (Å²) in [5.41, 5.74) is 5.99. The minimum Gasteiger partial charge on any atom is -0.467 e. The summed E-state index contributed by atoms with van der Waals surface area (Å²) in [6, 6.07) is 9.39. The van der Waals surface area contributed by atoms with Crippen molar-refractivity contribution in [3.8, 4) is 0 Å². The number of carbonyl (C=O) groups is 1. The maximum atomic E-state index is 12.2. The number of hydrogen-bond donors (Lipinski definition) is 1. The number of ether oxygens (including phenoxy) is 1. The molecule has 20 heavy (non-hydrogen) atoms. The van der Waals surface area contributed by atoms with E-state index in [4.69, 9.17) is 10.5 Å². The topological polar surface area (TPSA) is 55.6 Å². The molecule has 0 fully saturated rings. The van der Waals surface area contributed by atoms with Gasteiger partial charge in [-0.2, -0.15) is 0 Å². The van der Waals surface area contributed by atoms with E-state index in [1.165, 1.54) is 7.11 Å². The van der Waals surface area contributed by atoms with E-state index in [2.05, 4.69) is 25.7 Å². The number of nitrogens with two attached hydrogens (primary N) is 1. The summed E-state index contributed by atoms with van der Waals surface area (Å²) in [7, 11) is 3.36. The first-order chi connectivity index (χ1) is 9.28. The van der Waals surface area contributed by atoms with E-state index in [0.29, 0.717) is 6.54 Å². The lowest BCUT2D eigenvalue weighted by Crippen LogP contribution is -2.57. The third-order valence-electron chi connectivity index (χ3n) is 4.22. The van der Waals surface area contributed by atoms with Gasteiger partial charge in [-0.1, -0.05) is 37.3 Å². The van der Waals surface area contributed by atoms with Crippen molar-refractivity contribution in [3.63, 3.8) is 0 Å². The zero-order valence-corrected chi connectivity index (χ0v) is 13.1. The minimum absolute atomic E-state index is 0.0343. The van der Waals surface area contributed by atoms with E-state index in [1.54, 1.807) is 0 Å². The Balaban J connectivity index is 3.12. The van der Waals surface area contributed by atoms with Crippen LogP contribution >= 0.6 is 0 Å². The lowest BCUT2D eigenvalue weighted by Gasteiger charge is -2.40. The van der Waals surface area contributed by atoms with Crippen molar-refractivity contribution in [2.75, 3.05) is 20.7 Å². The number of nitrogens with zero attached hydrogens (tertiary/aromatic N) is 1. The van der Waals surface area contributed by atoms with Crippen LogP contribution in [0.25, 0.3) is 0 Å². The fourth-order valence-electron chi connectivity index (χ4n) is 2.05. The normalized spacial score (nSPS) is 14.9. The van der Waals surface area contributed by atoms with E-state index < -0.39 is 11.5 Å². The van der Waals surface area contributed by atoms with Crippen LogP contribution in [0.1, 0.15) is 32.8 Å². The second-order valence-corrected chi connectivity index (χ2v) is 5.85. The van der Waals surface area contributed by atoms with E-state index in [9.17, 15) is 4.79 Å². The van der Waals surface area contributed by atoms with Gasteiger partial charge in [0.1, 0.15) is 0 Å². The average molecular weight is 278 g/mol. The fourth-order valence-corrected chi connectivity index (χ4v) is 2.05. The Labute approximate surface area is 121 Å². The maximum absolute atomic E-state index is 12.2. The SMILES string of the molecule is CCC(C)(C)N(C)CC(N)(C(=O)OC)c1ccccc1. The number of carbonyl (C=O) groups excluding carboxylic acids is 1. The average Bonchev–Trinajstić information content (AvgIpc) is 2.46. The maximum Gasteiger partial charge on any atom is 0.331 e. The molecule has 0 radical (unpaired) electrons. The van der Waals surface area contributed by atoms with Gasteiger partial charge in [0.15, 0.2) is 5.54 Å². The zero-order chi connectivity index (χ0) is 15.4. The van der Waals surface area contributed by atoms with Gasteiger partial charge in [-0.05, 0) is 32.9 Å². The Hall–Kier alpha value is -1.39. The van der Waals surface area contributed by atoms with Gasteiger partial charge in [0.25, 0.3) is 0 Å². The predicted molar refractivity (Wildman–Crippen MR) is 81.3 cm³/mol. The van der Waals surface area contributed by atoms with Gasteiger partial charge in [0.2, 0.25) is 0 Å². The molecule has 0 aliphatic heterocycles. The van der Waals surface area contributed by atoms with Crippen LogP contribution in [0, 0.1) is 0 Å². The molecule has 1 aromatic carbocycles. The molecule has 4 heteroatoms. The largest absolute Gasteiger partial charge is 0.467 e. The molecule has 0 heterocycles. The number of methoxy groups -OCH3 is 1. The van der Waals surface area contributed by atoms with Crippen molar-refractivity contribution in [1.82, 2.24) is 4.90 Å². The molecule has 0 spiro atoms. The highest BCUT2D eigenvalue weighted by atomic mass is 16.5. The second-order valence-electron chi connectivity index (χ2n) is 5.85. The van der Waals surface area contributed by atoms with Gasteiger partial charge in [-0.15, -0.1) is 0 Å². The summed E-state index contributed by atoms with van der Waals surface area (Å²) in [5, 5.41) is 0. The van der Waals surface area contributed by atoms with Gasteiger partial charge < -0.3 is 10.5 Å². The van der Waals surface area contributed by atoms with E-state index in [0.717, 1.165) is 12.0 Å². The summed E-state index contributed by atoms with van der Waals surface area (Å²) in [6.07, 6.45) is 0.968. The van der Waals surface area contributed by atoms with Crippen LogP contribution in [0.2, 0.25) is 0 Å². The number of rotatable bonds is 6. The molecule has 0 aliphatic rings. The Bertz CT molecular complexity index is 445. The van der Waals surface area contributed by atoms with Crippen molar-refractivity contribution in [1.29, 1.82) is 0 Å². The molecule has 1 unspecified atom stereocenters. The molecule has 1 aromatic rings. The van der Waals surface area contributed by atoms with Crippen LogP contribution < -0.4 is 5.73 Å². The van der Waals surface area contributed by atoms with Crippen molar-refractivity contribution in [2.45, 2.75) is 38.3 Å². The molecule has 2 N–H and O–H groups in total. The highest BCUT2D eigenvalue weighted by molar-refractivity contribution is 5.82. The summed E-state index contributed by atoms with van der Waals surface area (Å²) >= 11 is 0. The van der Waals surface area contributed by atoms with Crippen LogP contribution in [0.15, 0.2) is 30.3 Å². The summed E-state index contributed by atoms with van der Waals surface area (Å²) in [5.74, 6) is -0.414.